The van der Waals surface area contributed by atoms with E-state index in [1.165, 1.54) is 0 Å². The zero-order valence-corrected chi connectivity index (χ0v) is 18.1. The van der Waals surface area contributed by atoms with Gasteiger partial charge in [0.15, 0.2) is 5.75 Å². The predicted molar refractivity (Wildman–Crippen MR) is 125 cm³/mol. The first-order chi connectivity index (χ1) is 15.5. The fraction of sp³-hybridized carbons (Fsp3) is 0.125. The van der Waals surface area contributed by atoms with Gasteiger partial charge in [-0.25, -0.2) is 4.98 Å². The lowest BCUT2D eigenvalue weighted by Crippen LogP contribution is -2.31. The number of nitrogens with one attached hydrogen (secondary N) is 2. The smallest absolute Gasteiger partial charge is 0.258 e. The van der Waals surface area contributed by atoms with Crippen molar-refractivity contribution in [2.75, 3.05) is 18.9 Å². The van der Waals surface area contributed by atoms with Crippen molar-refractivity contribution in [3.63, 3.8) is 0 Å². The maximum Gasteiger partial charge on any atom is 0.258 e. The Balaban J connectivity index is 1.43. The van der Waals surface area contributed by atoms with Crippen LogP contribution in [0.25, 0.3) is 10.9 Å². The molecule has 4 rings (SSSR count). The summed E-state index contributed by atoms with van der Waals surface area (Å²) in [4.78, 5) is 33.9. The standard InChI is InChI=1S/C24H21ClN4O3/c1-29(14-22-26-19-10-6-5-9-18(19)24(31)28-22)15-23(30)27-20-13-16(25)11-12-21(20)32-17-7-3-2-4-8-17/h2-13H,14-15H2,1H3,(H,27,30)(H,26,28,31). The molecule has 1 aromatic heterocycles. The molecule has 1 heterocycles. The number of aromatic amines is 1. The Morgan fingerprint density at radius 1 is 1.09 bits per heavy atom. The van der Waals surface area contributed by atoms with Gasteiger partial charge in [-0.1, -0.05) is 41.9 Å². The number of rotatable bonds is 7. The van der Waals surface area contributed by atoms with E-state index in [1.54, 1.807) is 48.3 Å². The zero-order chi connectivity index (χ0) is 22.5. The van der Waals surface area contributed by atoms with Crippen LogP contribution < -0.4 is 15.6 Å². The van der Waals surface area contributed by atoms with E-state index in [0.717, 1.165) is 0 Å². The summed E-state index contributed by atoms with van der Waals surface area (Å²) in [7, 11) is 1.77. The molecular weight excluding hydrogens is 428 g/mol. The highest BCUT2D eigenvalue weighted by Crippen LogP contribution is 2.32. The van der Waals surface area contributed by atoms with Crippen LogP contribution in [0.5, 0.6) is 11.5 Å². The molecule has 0 fully saturated rings. The second-order valence-corrected chi connectivity index (χ2v) is 7.74. The van der Waals surface area contributed by atoms with E-state index in [4.69, 9.17) is 16.3 Å². The molecule has 0 spiro atoms. The van der Waals surface area contributed by atoms with Crippen LogP contribution in [0.3, 0.4) is 0 Å². The van der Waals surface area contributed by atoms with Gasteiger partial charge in [0.05, 0.1) is 29.7 Å². The molecule has 0 bridgehead atoms. The number of nitrogens with zero attached hydrogens (tertiary/aromatic N) is 2. The summed E-state index contributed by atoms with van der Waals surface area (Å²) < 4.78 is 5.88. The monoisotopic (exact) mass is 448 g/mol. The van der Waals surface area contributed by atoms with Crippen LogP contribution in [0.15, 0.2) is 77.6 Å². The van der Waals surface area contributed by atoms with Crippen LogP contribution in [-0.2, 0) is 11.3 Å². The zero-order valence-electron chi connectivity index (χ0n) is 17.3. The van der Waals surface area contributed by atoms with Crippen molar-refractivity contribution < 1.29 is 9.53 Å². The summed E-state index contributed by atoms with van der Waals surface area (Å²) in [6.45, 7) is 0.379. The normalized spacial score (nSPS) is 11.0. The Morgan fingerprint density at radius 3 is 2.66 bits per heavy atom. The summed E-state index contributed by atoms with van der Waals surface area (Å²) in [5.41, 5.74) is 0.882. The van der Waals surface area contributed by atoms with Gasteiger partial charge < -0.3 is 15.0 Å². The minimum absolute atomic E-state index is 0.0772. The highest BCUT2D eigenvalue weighted by atomic mass is 35.5. The van der Waals surface area contributed by atoms with Crippen molar-refractivity contribution >= 4 is 34.1 Å². The van der Waals surface area contributed by atoms with Gasteiger partial charge in [0.25, 0.3) is 5.56 Å². The molecule has 8 heteroatoms. The van der Waals surface area contributed by atoms with E-state index in [-0.39, 0.29) is 18.0 Å². The SMILES string of the molecule is CN(CC(=O)Nc1cc(Cl)ccc1Oc1ccccc1)Cc1nc2ccccc2c(=O)[nH]1. The molecular formula is C24H21ClN4O3. The minimum Gasteiger partial charge on any atom is -0.455 e. The number of likely N-dealkylation sites (N-methyl/N-ethyl adjacent to an activating group) is 1. The number of aromatic nitrogens is 2. The molecule has 7 nitrogen and oxygen atoms in total. The number of fused-ring (bicyclic) bond motifs is 1. The quantitative estimate of drug-likeness (QED) is 0.436. The lowest BCUT2D eigenvalue weighted by atomic mass is 10.2. The molecule has 2 N–H and O–H groups in total. The van der Waals surface area contributed by atoms with Crippen LogP contribution >= 0.6 is 11.6 Å². The van der Waals surface area contributed by atoms with E-state index < -0.39 is 0 Å². The van der Waals surface area contributed by atoms with Gasteiger partial charge in [-0.2, -0.15) is 0 Å². The third-order valence-electron chi connectivity index (χ3n) is 4.68. The highest BCUT2D eigenvalue weighted by Gasteiger charge is 2.13. The molecule has 32 heavy (non-hydrogen) atoms. The number of anilines is 1. The third-order valence-corrected chi connectivity index (χ3v) is 4.92. The lowest BCUT2D eigenvalue weighted by Gasteiger charge is -2.17. The number of carbonyl (C=O) groups is 1. The topological polar surface area (TPSA) is 87.3 Å². The van der Waals surface area contributed by atoms with Crippen molar-refractivity contribution in [2.45, 2.75) is 6.54 Å². The largest absolute Gasteiger partial charge is 0.455 e. The molecule has 4 aromatic rings. The van der Waals surface area contributed by atoms with Crippen molar-refractivity contribution in [1.29, 1.82) is 0 Å². The number of amides is 1. The summed E-state index contributed by atoms with van der Waals surface area (Å²) in [5.74, 6) is 1.36. The Labute approximate surface area is 189 Å². The highest BCUT2D eigenvalue weighted by molar-refractivity contribution is 6.31. The number of carbonyl (C=O) groups excluding carboxylic acids is 1. The minimum atomic E-state index is -0.254. The van der Waals surface area contributed by atoms with Crippen molar-refractivity contribution in [3.8, 4) is 11.5 Å². The number of halogens is 1. The average molecular weight is 449 g/mol. The maximum absolute atomic E-state index is 12.7. The van der Waals surface area contributed by atoms with Crippen molar-refractivity contribution in [1.82, 2.24) is 14.9 Å². The van der Waals surface area contributed by atoms with Gasteiger partial charge in [0.1, 0.15) is 11.6 Å². The van der Waals surface area contributed by atoms with Gasteiger partial charge in [-0.3, -0.25) is 14.5 Å². The molecule has 3 aromatic carbocycles. The third kappa shape index (κ3) is 5.32. The molecule has 0 unspecified atom stereocenters. The van der Waals surface area contributed by atoms with Gasteiger partial charge in [0, 0.05) is 5.02 Å². The number of benzene rings is 3. The maximum atomic E-state index is 12.7. The molecule has 0 aliphatic rings. The van der Waals surface area contributed by atoms with E-state index in [1.807, 2.05) is 36.4 Å². The van der Waals surface area contributed by atoms with Crippen LogP contribution in [0, 0.1) is 0 Å². The summed E-state index contributed by atoms with van der Waals surface area (Å²) in [6.07, 6.45) is 0. The first-order valence-corrected chi connectivity index (χ1v) is 10.3. The van der Waals surface area contributed by atoms with Gasteiger partial charge >= 0.3 is 0 Å². The van der Waals surface area contributed by atoms with Crippen molar-refractivity contribution in [2.24, 2.45) is 0 Å². The molecule has 0 saturated heterocycles. The van der Waals surface area contributed by atoms with Gasteiger partial charge in [-0.05, 0) is 49.5 Å². The van der Waals surface area contributed by atoms with Crippen LogP contribution in [-0.4, -0.2) is 34.4 Å². The molecule has 0 saturated carbocycles. The van der Waals surface area contributed by atoms with Gasteiger partial charge in [-0.15, -0.1) is 0 Å². The Kier molecular flexibility index (Phi) is 6.49. The van der Waals surface area contributed by atoms with Crippen LogP contribution in [0.2, 0.25) is 5.02 Å². The Morgan fingerprint density at radius 2 is 1.84 bits per heavy atom. The number of H-pyrrole nitrogens is 1. The predicted octanol–water partition coefficient (Wildman–Crippen LogP) is 4.44. The average Bonchev–Trinajstić information content (AvgIpc) is 2.76. The second-order valence-electron chi connectivity index (χ2n) is 7.31. The van der Waals surface area contributed by atoms with E-state index in [9.17, 15) is 9.59 Å². The lowest BCUT2D eigenvalue weighted by molar-refractivity contribution is -0.117. The first-order valence-electron chi connectivity index (χ1n) is 9.97. The number of ether oxygens (including phenoxy) is 1. The summed E-state index contributed by atoms with van der Waals surface area (Å²) in [5, 5.41) is 3.86. The van der Waals surface area contributed by atoms with Crippen LogP contribution in [0.1, 0.15) is 5.82 Å². The van der Waals surface area contributed by atoms with Crippen LogP contribution in [0.4, 0.5) is 5.69 Å². The fourth-order valence-corrected chi connectivity index (χ4v) is 3.43. The molecule has 1 amide bonds. The first kappa shape index (κ1) is 21.5. The number of hydrogen-bond donors (Lipinski definition) is 2. The fourth-order valence-electron chi connectivity index (χ4n) is 3.26. The summed E-state index contributed by atoms with van der Waals surface area (Å²) >= 11 is 6.12. The van der Waals surface area contributed by atoms with E-state index >= 15 is 0 Å². The van der Waals surface area contributed by atoms with Crippen molar-refractivity contribution in [3.05, 3.63) is 94.0 Å². The van der Waals surface area contributed by atoms with E-state index in [0.29, 0.717) is 45.5 Å². The molecule has 162 valence electrons. The Bertz CT molecular complexity index is 1310. The molecule has 0 aliphatic heterocycles. The second kappa shape index (κ2) is 9.64. The van der Waals surface area contributed by atoms with E-state index in [2.05, 4.69) is 15.3 Å². The molecule has 0 radical (unpaired) electrons. The number of para-hydroxylation sites is 2. The summed E-state index contributed by atoms with van der Waals surface area (Å²) in [6, 6.07) is 21.4. The number of hydrogen-bond acceptors (Lipinski definition) is 5. The van der Waals surface area contributed by atoms with Gasteiger partial charge in [0.2, 0.25) is 5.91 Å². The Hall–Kier alpha value is -3.68. The molecule has 0 aliphatic carbocycles. The molecule has 0 atom stereocenters.